The van der Waals surface area contributed by atoms with Crippen LogP contribution in [0, 0.1) is 5.82 Å². The van der Waals surface area contributed by atoms with E-state index in [0.29, 0.717) is 0 Å². The summed E-state index contributed by atoms with van der Waals surface area (Å²) in [6, 6.07) is 5.56. The maximum atomic E-state index is 12.8. The Bertz CT molecular complexity index is 313. The summed E-state index contributed by atoms with van der Waals surface area (Å²) in [5, 5.41) is 3.46. The Balaban J connectivity index is 2.80. The Morgan fingerprint density at radius 2 is 2.10 bits per heavy atom. The van der Waals surface area contributed by atoms with Gasteiger partial charge in [0.1, 0.15) is 5.82 Å². The van der Waals surface area contributed by atoms with Crippen LogP contribution in [0.3, 0.4) is 0 Å². The van der Waals surface area contributed by atoms with Crippen LogP contribution in [-0.2, 0) is 0 Å². The van der Waals surface area contributed by atoms with Crippen LogP contribution < -0.4 is 0 Å². The van der Waals surface area contributed by atoms with Gasteiger partial charge in [-0.3, -0.25) is 0 Å². The van der Waals surface area contributed by atoms with Crippen molar-refractivity contribution >= 4 is 11.3 Å². The van der Waals surface area contributed by atoms with E-state index in [9.17, 15) is 4.39 Å². The summed E-state index contributed by atoms with van der Waals surface area (Å²) < 4.78 is 12.8. The third-order valence-electron chi connectivity index (χ3n) is 1.47. The van der Waals surface area contributed by atoms with Gasteiger partial charge in [-0.2, -0.15) is 0 Å². The smallest absolute Gasteiger partial charge is 0.140 e. The third-order valence-corrected chi connectivity index (χ3v) is 2.21. The number of rotatable bonds is 0. The van der Waals surface area contributed by atoms with E-state index in [1.54, 1.807) is 6.07 Å². The molecule has 0 N–H and O–H groups in total. The summed E-state index contributed by atoms with van der Waals surface area (Å²) in [6.45, 7) is 0. The van der Waals surface area contributed by atoms with Gasteiger partial charge in [0.05, 0.1) is 0 Å². The van der Waals surface area contributed by atoms with Crippen LogP contribution in [0.25, 0.3) is 11.1 Å². The Hall–Kier alpha value is -0.890. The lowest BCUT2D eigenvalue weighted by Gasteiger charge is -1.95. The SMILES string of the molecule is Fc1cscc2cccc1-2. The Labute approximate surface area is 62.3 Å². The standard InChI is InChI=1S/C8H5FS/c9-8-5-10-4-6-2-1-3-7(6)8/h1-5H. The molecule has 0 nitrogen and oxygen atoms in total. The molecule has 1 aliphatic carbocycles. The first-order valence-electron chi connectivity index (χ1n) is 2.98. The van der Waals surface area contributed by atoms with Gasteiger partial charge >= 0.3 is 0 Å². The maximum Gasteiger partial charge on any atom is 0.140 e. The molecule has 0 saturated heterocycles. The van der Waals surface area contributed by atoms with Gasteiger partial charge in [-0.25, -0.2) is 4.39 Å². The van der Waals surface area contributed by atoms with Gasteiger partial charge in [0.2, 0.25) is 0 Å². The molecule has 0 amide bonds. The highest BCUT2D eigenvalue weighted by atomic mass is 32.1. The number of fused-ring (bicyclic) bond motifs is 1. The molecule has 0 radical (unpaired) electrons. The second kappa shape index (κ2) is 2.06. The van der Waals surface area contributed by atoms with E-state index in [1.807, 2.05) is 17.5 Å². The number of hydrogen-bond acceptors (Lipinski definition) is 1. The fourth-order valence-corrected chi connectivity index (χ4v) is 1.65. The summed E-state index contributed by atoms with van der Waals surface area (Å²) in [5.74, 6) is -0.118. The lowest BCUT2D eigenvalue weighted by Crippen LogP contribution is -1.75. The Morgan fingerprint density at radius 1 is 1.20 bits per heavy atom. The predicted molar refractivity (Wildman–Crippen MR) is 40.9 cm³/mol. The largest absolute Gasteiger partial charge is 0.205 e. The monoisotopic (exact) mass is 152 g/mol. The molecule has 1 aliphatic heterocycles. The average molecular weight is 152 g/mol. The van der Waals surface area contributed by atoms with Crippen LogP contribution in [-0.4, -0.2) is 0 Å². The molecule has 0 saturated carbocycles. The normalized spacial score (nSPS) is 10.5. The molecule has 10 heavy (non-hydrogen) atoms. The molecule has 50 valence electrons. The molecule has 0 atom stereocenters. The van der Waals surface area contributed by atoms with Gasteiger partial charge < -0.3 is 0 Å². The molecule has 0 aromatic rings. The van der Waals surface area contributed by atoms with Crippen molar-refractivity contribution in [2.45, 2.75) is 0 Å². The van der Waals surface area contributed by atoms with Gasteiger partial charge in [-0.1, -0.05) is 18.2 Å². The molecule has 0 fully saturated rings. The van der Waals surface area contributed by atoms with E-state index in [4.69, 9.17) is 0 Å². The highest BCUT2D eigenvalue weighted by Crippen LogP contribution is 2.27. The molecule has 0 bridgehead atoms. The van der Waals surface area contributed by atoms with E-state index < -0.39 is 0 Å². The molecular formula is C8H5FS. The number of halogens is 1. The summed E-state index contributed by atoms with van der Waals surface area (Å²) in [4.78, 5) is 0. The van der Waals surface area contributed by atoms with Crippen molar-refractivity contribution in [2.24, 2.45) is 0 Å². The first kappa shape index (κ1) is 5.86. The van der Waals surface area contributed by atoms with Gasteiger partial charge in [-0.05, 0) is 10.9 Å². The van der Waals surface area contributed by atoms with Crippen molar-refractivity contribution in [2.75, 3.05) is 0 Å². The topological polar surface area (TPSA) is 0 Å². The number of hydrogen-bond donors (Lipinski definition) is 0. The quantitative estimate of drug-likeness (QED) is 0.544. The van der Waals surface area contributed by atoms with Crippen molar-refractivity contribution in [1.82, 2.24) is 0 Å². The van der Waals surface area contributed by atoms with Crippen LogP contribution in [0.1, 0.15) is 0 Å². The van der Waals surface area contributed by atoms with E-state index in [2.05, 4.69) is 0 Å². The Morgan fingerprint density at radius 3 is 2.90 bits per heavy atom. The lowest BCUT2D eigenvalue weighted by atomic mass is 10.2. The van der Waals surface area contributed by atoms with Crippen molar-refractivity contribution < 1.29 is 4.39 Å². The van der Waals surface area contributed by atoms with E-state index in [0.717, 1.165) is 11.1 Å². The summed E-state index contributed by atoms with van der Waals surface area (Å²) in [5.41, 5.74) is 1.71. The second-order valence-corrected chi connectivity index (χ2v) is 2.86. The molecule has 1 heterocycles. The molecule has 2 heteroatoms. The zero-order valence-electron chi connectivity index (χ0n) is 5.17. The average Bonchev–Trinajstić information content (AvgIpc) is 2.36. The zero-order chi connectivity index (χ0) is 6.97. The predicted octanol–water partition coefficient (Wildman–Crippen LogP) is 2.99. The van der Waals surface area contributed by atoms with Crippen molar-refractivity contribution in [1.29, 1.82) is 0 Å². The van der Waals surface area contributed by atoms with Crippen LogP contribution >= 0.6 is 11.3 Å². The molecule has 0 aromatic carbocycles. The van der Waals surface area contributed by atoms with Crippen LogP contribution in [0.5, 0.6) is 0 Å². The van der Waals surface area contributed by atoms with Crippen LogP contribution in [0.15, 0.2) is 29.0 Å². The van der Waals surface area contributed by atoms with Crippen LogP contribution in [0.2, 0.25) is 0 Å². The van der Waals surface area contributed by atoms with E-state index in [-0.39, 0.29) is 5.82 Å². The molecular weight excluding hydrogens is 147 g/mol. The van der Waals surface area contributed by atoms with E-state index >= 15 is 0 Å². The molecule has 2 aliphatic rings. The fraction of sp³-hybridized carbons (Fsp3) is 0. The molecule has 2 rings (SSSR count). The minimum atomic E-state index is -0.118. The van der Waals surface area contributed by atoms with Crippen LogP contribution in [0.4, 0.5) is 4.39 Å². The molecule has 0 unspecified atom stereocenters. The van der Waals surface area contributed by atoms with Crippen molar-refractivity contribution in [3.8, 4) is 11.1 Å². The van der Waals surface area contributed by atoms with Crippen molar-refractivity contribution in [3.05, 3.63) is 34.8 Å². The van der Waals surface area contributed by atoms with Gasteiger partial charge in [0, 0.05) is 10.9 Å². The first-order valence-corrected chi connectivity index (χ1v) is 3.92. The minimum Gasteiger partial charge on any atom is -0.205 e. The zero-order valence-corrected chi connectivity index (χ0v) is 5.99. The Kier molecular flexibility index (Phi) is 1.21. The molecule has 0 spiro atoms. The fourth-order valence-electron chi connectivity index (χ4n) is 0.985. The lowest BCUT2D eigenvalue weighted by molar-refractivity contribution is 0.635. The summed E-state index contributed by atoms with van der Waals surface area (Å²) in [6.07, 6.45) is 0. The maximum absolute atomic E-state index is 12.8. The first-order chi connectivity index (χ1) is 4.88. The van der Waals surface area contributed by atoms with Crippen molar-refractivity contribution in [3.63, 3.8) is 0 Å². The van der Waals surface area contributed by atoms with Gasteiger partial charge in [-0.15, -0.1) is 11.3 Å². The summed E-state index contributed by atoms with van der Waals surface area (Å²) in [7, 11) is 0. The second-order valence-electron chi connectivity index (χ2n) is 2.11. The van der Waals surface area contributed by atoms with E-state index in [1.165, 1.54) is 16.7 Å². The third kappa shape index (κ3) is 0.727. The molecule has 0 aromatic heterocycles. The highest BCUT2D eigenvalue weighted by Gasteiger charge is 2.05. The van der Waals surface area contributed by atoms with Gasteiger partial charge in [0.15, 0.2) is 0 Å². The van der Waals surface area contributed by atoms with Gasteiger partial charge in [0.25, 0.3) is 0 Å². The minimum absolute atomic E-state index is 0.118. The summed E-state index contributed by atoms with van der Waals surface area (Å²) >= 11 is 1.39. The highest BCUT2D eigenvalue weighted by molar-refractivity contribution is 7.08.